The lowest BCUT2D eigenvalue weighted by atomic mass is 10.2. The Labute approximate surface area is 98.9 Å². The van der Waals surface area contributed by atoms with Gasteiger partial charge >= 0.3 is 0 Å². The molecule has 0 spiro atoms. The van der Waals surface area contributed by atoms with Gasteiger partial charge in [0, 0.05) is 0 Å². The second-order valence-electron chi connectivity index (χ2n) is 3.65. The molecule has 0 heterocycles. The minimum atomic E-state index is -0.291. The molecule has 0 saturated carbocycles. The number of benzene rings is 2. The Morgan fingerprint density at radius 3 is 2.71 bits per heavy atom. The summed E-state index contributed by atoms with van der Waals surface area (Å²) in [4.78, 5) is 0. The Bertz CT molecular complexity index is 587. The maximum Gasteiger partial charge on any atom is 0.130 e. The van der Waals surface area contributed by atoms with Crippen molar-refractivity contribution in [1.82, 2.24) is 0 Å². The van der Waals surface area contributed by atoms with Gasteiger partial charge in [-0.05, 0) is 48.9 Å². The molecule has 3 heteroatoms. The maximum absolute atomic E-state index is 12.9. The van der Waals surface area contributed by atoms with E-state index in [2.05, 4.69) is 0 Å². The zero-order valence-electron chi connectivity index (χ0n) is 9.27. The van der Waals surface area contributed by atoms with Crippen LogP contribution in [-0.4, -0.2) is 0 Å². The van der Waals surface area contributed by atoms with E-state index in [1.807, 2.05) is 6.07 Å². The number of ether oxygens (including phenoxy) is 1. The van der Waals surface area contributed by atoms with Crippen LogP contribution in [-0.2, 0) is 0 Å². The molecular formula is C14H10FNO. The highest BCUT2D eigenvalue weighted by atomic mass is 19.1. The molecule has 0 N–H and O–H groups in total. The summed E-state index contributed by atoms with van der Waals surface area (Å²) >= 11 is 0. The van der Waals surface area contributed by atoms with Crippen molar-refractivity contribution in [3.05, 3.63) is 59.4 Å². The second kappa shape index (κ2) is 4.67. The Morgan fingerprint density at radius 1 is 1.18 bits per heavy atom. The van der Waals surface area contributed by atoms with E-state index in [4.69, 9.17) is 10.00 Å². The number of aryl methyl sites for hydroxylation is 1. The van der Waals surface area contributed by atoms with Crippen molar-refractivity contribution in [2.45, 2.75) is 6.92 Å². The average molecular weight is 227 g/mol. The zero-order chi connectivity index (χ0) is 12.3. The smallest absolute Gasteiger partial charge is 0.130 e. The van der Waals surface area contributed by atoms with Gasteiger partial charge in [-0.3, -0.25) is 0 Å². The summed E-state index contributed by atoms with van der Waals surface area (Å²) in [7, 11) is 0. The fourth-order valence-electron chi connectivity index (χ4n) is 1.48. The van der Waals surface area contributed by atoms with Gasteiger partial charge in [0.15, 0.2) is 0 Å². The van der Waals surface area contributed by atoms with Gasteiger partial charge in [0.1, 0.15) is 17.3 Å². The van der Waals surface area contributed by atoms with Crippen LogP contribution in [0.3, 0.4) is 0 Å². The largest absolute Gasteiger partial charge is 0.457 e. The number of rotatable bonds is 2. The molecule has 2 aromatic carbocycles. The minimum Gasteiger partial charge on any atom is -0.457 e. The predicted molar refractivity (Wildman–Crippen MR) is 62.4 cm³/mol. The molecular weight excluding hydrogens is 217 g/mol. The van der Waals surface area contributed by atoms with E-state index < -0.39 is 0 Å². The number of halogens is 1. The second-order valence-corrected chi connectivity index (χ2v) is 3.65. The third-order valence-electron chi connectivity index (χ3n) is 2.33. The third-order valence-corrected chi connectivity index (χ3v) is 2.33. The summed E-state index contributed by atoms with van der Waals surface area (Å²) in [6.07, 6.45) is 0. The average Bonchev–Trinajstić information content (AvgIpc) is 2.33. The van der Waals surface area contributed by atoms with Gasteiger partial charge < -0.3 is 4.74 Å². The summed E-state index contributed by atoms with van der Waals surface area (Å²) < 4.78 is 18.5. The molecule has 0 radical (unpaired) electrons. The molecule has 84 valence electrons. The highest BCUT2D eigenvalue weighted by Crippen LogP contribution is 2.25. The minimum absolute atomic E-state index is 0.291. The van der Waals surface area contributed by atoms with E-state index >= 15 is 0 Å². The third kappa shape index (κ3) is 2.61. The number of nitriles is 1. The molecule has 0 aliphatic carbocycles. The summed E-state index contributed by atoms with van der Waals surface area (Å²) in [5, 5.41) is 8.76. The number of nitrogens with zero attached hydrogens (tertiary/aromatic N) is 1. The van der Waals surface area contributed by atoms with Crippen LogP contribution in [0.25, 0.3) is 0 Å². The Morgan fingerprint density at radius 2 is 2.00 bits per heavy atom. The first-order chi connectivity index (χ1) is 8.19. The van der Waals surface area contributed by atoms with Crippen LogP contribution in [0.1, 0.15) is 11.1 Å². The van der Waals surface area contributed by atoms with Gasteiger partial charge in [-0.2, -0.15) is 5.26 Å². The van der Waals surface area contributed by atoms with Crippen LogP contribution in [0.15, 0.2) is 42.5 Å². The first-order valence-corrected chi connectivity index (χ1v) is 5.13. The Balaban J connectivity index is 2.28. The van der Waals surface area contributed by atoms with Crippen LogP contribution in [0, 0.1) is 24.1 Å². The van der Waals surface area contributed by atoms with Crippen LogP contribution < -0.4 is 4.74 Å². The topological polar surface area (TPSA) is 33.0 Å². The van der Waals surface area contributed by atoms with Crippen LogP contribution in [0.4, 0.5) is 4.39 Å². The summed E-state index contributed by atoms with van der Waals surface area (Å²) in [5.41, 5.74) is 1.25. The molecule has 0 saturated heterocycles. The molecule has 0 atom stereocenters. The predicted octanol–water partition coefficient (Wildman–Crippen LogP) is 3.80. The van der Waals surface area contributed by atoms with Gasteiger partial charge in [-0.15, -0.1) is 0 Å². The standard InChI is InChI=1S/C14H10FNO/c1-10-7-12(15)5-6-14(10)17-13-4-2-3-11(8-13)9-16/h2-8H,1H3. The first kappa shape index (κ1) is 11.2. The lowest BCUT2D eigenvalue weighted by Gasteiger charge is -2.08. The van der Waals surface area contributed by atoms with E-state index in [9.17, 15) is 4.39 Å². The van der Waals surface area contributed by atoms with Gasteiger partial charge in [-0.25, -0.2) is 4.39 Å². The first-order valence-electron chi connectivity index (χ1n) is 5.13. The summed E-state index contributed by atoms with van der Waals surface area (Å²) in [6, 6.07) is 13.2. The summed E-state index contributed by atoms with van der Waals surface area (Å²) in [5.74, 6) is 0.862. The highest BCUT2D eigenvalue weighted by Gasteiger charge is 2.03. The van der Waals surface area contributed by atoms with Crippen molar-refractivity contribution in [3.63, 3.8) is 0 Å². The van der Waals surface area contributed by atoms with E-state index in [0.29, 0.717) is 22.6 Å². The van der Waals surface area contributed by atoms with Crippen molar-refractivity contribution in [2.24, 2.45) is 0 Å². The van der Waals surface area contributed by atoms with Crippen molar-refractivity contribution < 1.29 is 9.13 Å². The molecule has 0 aromatic heterocycles. The van der Waals surface area contributed by atoms with Crippen LogP contribution >= 0.6 is 0 Å². The summed E-state index contributed by atoms with van der Waals surface area (Å²) in [6.45, 7) is 1.77. The monoisotopic (exact) mass is 227 g/mol. The Kier molecular flexibility index (Phi) is 3.06. The SMILES string of the molecule is Cc1cc(F)ccc1Oc1cccc(C#N)c1. The number of hydrogen-bond donors (Lipinski definition) is 0. The molecule has 0 aliphatic heterocycles. The molecule has 0 aliphatic rings. The maximum atomic E-state index is 12.9. The fraction of sp³-hybridized carbons (Fsp3) is 0.0714. The molecule has 17 heavy (non-hydrogen) atoms. The lowest BCUT2D eigenvalue weighted by molar-refractivity contribution is 0.476. The van der Waals surface area contributed by atoms with E-state index in [1.165, 1.54) is 12.1 Å². The van der Waals surface area contributed by atoms with Crippen LogP contribution in [0.2, 0.25) is 0 Å². The van der Waals surface area contributed by atoms with Gasteiger partial charge in [0.25, 0.3) is 0 Å². The van der Waals surface area contributed by atoms with Crippen molar-refractivity contribution >= 4 is 0 Å². The zero-order valence-corrected chi connectivity index (χ0v) is 9.27. The van der Waals surface area contributed by atoms with E-state index in [1.54, 1.807) is 37.3 Å². The van der Waals surface area contributed by atoms with E-state index in [0.717, 1.165) is 0 Å². The van der Waals surface area contributed by atoms with Crippen molar-refractivity contribution in [1.29, 1.82) is 5.26 Å². The Hall–Kier alpha value is -2.34. The highest BCUT2D eigenvalue weighted by molar-refractivity contribution is 5.41. The molecule has 0 amide bonds. The van der Waals surface area contributed by atoms with Crippen LogP contribution in [0.5, 0.6) is 11.5 Å². The quantitative estimate of drug-likeness (QED) is 0.781. The van der Waals surface area contributed by atoms with E-state index in [-0.39, 0.29) is 5.82 Å². The van der Waals surface area contributed by atoms with Crippen molar-refractivity contribution in [3.8, 4) is 17.6 Å². The van der Waals surface area contributed by atoms with Gasteiger partial charge in [0.05, 0.1) is 11.6 Å². The molecule has 0 fully saturated rings. The van der Waals surface area contributed by atoms with Crippen molar-refractivity contribution in [2.75, 3.05) is 0 Å². The number of hydrogen-bond acceptors (Lipinski definition) is 2. The molecule has 2 nitrogen and oxygen atoms in total. The molecule has 2 aromatic rings. The molecule has 0 bridgehead atoms. The molecule has 2 rings (SSSR count). The fourth-order valence-corrected chi connectivity index (χ4v) is 1.48. The van der Waals surface area contributed by atoms with Gasteiger partial charge in [-0.1, -0.05) is 6.07 Å². The molecule has 0 unspecified atom stereocenters. The van der Waals surface area contributed by atoms with Gasteiger partial charge in [0.2, 0.25) is 0 Å². The normalized spacial score (nSPS) is 9.71. The lowest BCUT2D eigenvalue weighted by Crippen LogP contribution is -1.89.